The normalized spacial score (nSPS) is 9.57. The van der Waals surface area contributed by atoms with E-state index in [-0.39, 0.29) is 11.7 Å². The number of hydrogen-bond donors (Lipinski definition) is 0. The number of carbonyl (C=O) groups excluding carboxylic acids is 1. The predicted molar refractivity (Wildman–Crippen MR) is 63.7 cm³/mol. The predicted octanol–water partition coefficient (Wildman–Crippen LogP) is 2.89. The zero-order chi connectivity index (χ0) is 10.7. The number of nitrogens with zero attached hydrogens (tertiary/aromatic N) is 1. The lowest BCUT2D eigenvalue weighted by Gasteiger charge is -2.06. The van der Waals surface area contributed by atoms with Crippen molar-refractivity contribution in [2.75, 3.05) is 5.88 Å². The van der Waals surface area contributed by atoms with Crippen LogP contribution in [0, 0.1) is 21.8 Å². The number of benzene rings is 1. The second kappa shape index (κ2) is 4.76. The molecule has 0 aliphatic carbocycles. The Balaban J connectivity index is 3.42. The molecule has 0 saturated carbocycles. The highest BCUT2D eigenvalue weighted by Crippen LogP contribution is 2.20. The van der Waals surface area contributed by atoms with Gasteiger partial charge in [-0.05, 0) is 47.2 Å². The molecular formula is C10H7ClINO. The minimum absolute atomic E-state index is 0.0499. The first-order valence-corrected chi connectivity index (χ1v) is 5.51. The van der Waals surface area contributed by atoms with E-state index < -0.39 is 0 Å². The van der Waals surface area contributed by atoms with Gasteiger partial charge < -0.3 is 0 Å². The summed E-state index contributed by atoms with van der Waals surface area (Å²) < 4.78 is 0.838. The largest absolute Gasteiger partial charge is 0.293 e. The molecule has 0 aromatic heterocycles. The fraction of sp³-hybridized carbons (Fsp3) is 0.200. The summed E-state index contributed by atoms with van der Waals surface area (Å²) >= 11 is 7.56. The molecule has 0 spiro atoms. The van der Waals surface area contributed by atoms with Gasteiger partial charge in [-0.3, -0.25) is 4.79 Å². The van der Waals surface area contributed by atoms with Crippen LogP contribution in [-0.4, -0.2) is 11.7 Å². The summed E-state index contributed by atoms with van der Waals surface area (Å²) in [6.07, 6.45) is 0. The lowest BCUT2D eigenvalue weighted by Crippen LogP contribution is -2.07. The lowest BCUT2D eigenvalue weighted by atomic mass is 10.0. The third-order valence-corrected chi connectivity index (χ3v) is 3.08. The van der Waals surface area contributed by atoms with Crippen molar-refractivity contribution in [3.05, 3.63) is 32.4 Å². The second-order valence-electron chi connectivity index (χ2n) is 2.76. The van der Waals surface area contributed by atoms with Crippen molar-refractivity contribution in [3.63, 3.8) is 0 Å². The van der Waals surface area contributed by atoms with Crippen LogP contribution < -0.4 is 0 Å². The van der Waals surface area contributed by atoms with Gasteiger partial charge in [0, 0.05) is 9.13 Å². The lowest BCUT2D eigenvalue weighted by molar-refractivity contribution is 0.101. The van der Waals surface area contributed by atoms with Crippen LogP contribution in [0.2, 0.25) is 0 Å². The molecule has 0 fully saturated rings. The van der Waals surface area contributed by atoms with Gasteiger partial charge in [0.15, 0.2) is 5.78 Å². The van der Waals surface area contributed by atoms with Gasteiger partial charge in [-0.1, -0.05) is 0 Å². The molecule has 0 bridgehead atoms. The topological polar surface area (TPSA) is 40.9 Å². The molecule has 0 N–H and O–H groups in total. The Kier molecular flexibility index (Phi) is 3.90. The standard InChI is InChI=1S/C10H7ClINO/c1-6-7(5-13)2-3-8(12)10(6)9(14)4-11/h2-3H,4H2,1H3. The van der Waals surface area contributed by atoms with Gasteiger partial charge in [0.05, 0.1) is 17.5 Å². The van der Waals surface area contributed by atoms with E-state index in [0.29, 0.717) is 16.7 Å². The molecule has 0 saturated heterocycles. The number of alkyl halides is 1. The minimum atomic E-state index is -0.134. The van der Waals surface area contributed by atoms with E-state index >= 15 is 0 Å². The van der Waals surface area contributed by atoms with Crippen LogP contribution >= 0.6 is 34.2 Å². The van der Waals surface area contributed by atoms with Gasteiger partial charge in [-0.2, -0.15) is 5.26 Å². The fourth-order valence-electron chi connectivity index (χ4n) is 1.21. The summed E-state index contributed by atoms with van der Waals surface area (Å²) in [7, 11) is 0. The zero-order valence-corrected chi connectivity index (χ0v) is 10.4. The molecule has 0 aliphatic rings. The Morgan fingerprint density at radius 3 is 2.79 bits per heavy atom. The third-order valence-electron chi connectivity index (χ3n) is 1.93. The van der Waals surface area contributed by atoms with Crippen molar-refractivity contribution in [2.24, 2.45) is 0 Å². The van der Waals surface area contributed by atoms with Crippen molar-refractivity contribution >= 4 is 40.0 Å². The number of hydrogen-bond acceptors (Lipinski definition) is 2. The Labute approximate surface area is 101 Å². The highest BCUT2D eigenvalue weighted by Gasteiger charge is 2.14. The van der Waals surface area contributed by atoms with Crippen molar-refractivity contribution < 1.29 is 4.79 Å². The average molecular weight is 320 g/mol. The highest BCUT2D eigenvalue weighted by molar-refractivity contribution is 14.1. The molecule has 0 atom stereocenters. The molecule has 2 nitrogen and oxygen atoms in total. The fourth-order valence-corrected chi connectivity index (χ4v) is 2.23. The maximum Gasteiger partial charge on any atom is 0.178 e. The van der Waals surface area contributed by atoms with E-state index in [1.54, 1.807) is 19.1 Å². The first kappa shape index (κ1) is 11.5. The summed E-state index contributed by atoms with van der Waals surface area (Å²) in [6, 6.07) is 5.51. The molecule has 1 rings (SSSR count). The zero-order valence-electron chi connectivity index (χ0n) is 7.47. The Bertz CT molecular complexity index is 423. The van der Waals surface area contributed by atoms with Crippen molar-refractivity contribution in [3.8, 4) is 6.07 Å². The van der Waals surface area contributed by atoms with Gasteiger partial charge in [0.1, 0.15) is 0 Å². The summed E-state index contributed by atoms with van der Waals surface area (Å²) in [6.45, 7) is 1.76. The summed E-state index contributed by atoms with van der Waals surface area (Å²) in [5.74, 6) is -0.184. The first-order chi connectivity index (χ1) is 6.61. The molecule has 0 amide bonds. The molecule has 14 heavy (non-hydrogen) atoms. The van der Waals surface area contributed by atoms with Crippen LogP contribution in [0.15, 0.2) is 12.1 Å². The molecule has 1 aromatic rings. The Hall–Kier alpha value is -0.600. The Morgan fingerprint density at radius 2 is 2.29 bits per heavy atom. The molecule has 0 aliphatic heterocycles. The van der Waals surface area contributed by atoms with E-state index in [1.807, 2.05) is 6.07 Å². The van der Waals surface area contributed by atoms with Crippen molar-refractivity contribution in [2.45, 2.75) is 6.92 Å². The molecule has 72 valence electrons. The summed E-state index contributed by atoms with van der Waals surface area (Å²) in [5.41, 5.74) is 1.81. The molecule has 0 heterocycles. The smallest absolute Gasteiger partial charge is 0.178 e. The monoisotopic (exact) mass is 319 g/mol. The maximum atomic E-state index is 11.5. The number of Topliss-reactive ketones (excluding diaryl/α,β-unsaturated/α-hetero) is 1. The minimum Gasteiger partial charge on any atom is -0.293 e. The molecule has 0 unspecified atom stereocenters. The van der Waals surface area contributed by atoms with Crippen LogP contribution in [0.3, 0.4) is 0 Å². The van der Waals surface area contributed by atoms with Crippen LogP contribution in [0.4, 0.5) is 0 Å². The quantitative estimate of drug-likeness (QED) is 0.478. The third kappa shape index (κ3) is 2.07. The van der Waals surface area contributed by atoms with E-state index in [4.69, 9.17) is 16.9 Å². The van der Waals surface area contributed by atoms with Crippen molar-refractivity contribution in [1.82, 2.24) is 0 Å². The SMILES string of the molecule is Cc1c(C#N)ccc(I)c1C(=O)CCl. The summed E-state index contributed by atoms with van der Waals surface area (Å²) in [4.78, 5) is 11.5. The van der Waals surface area contributed by atoms with Crippen LogP contribution in [0.5, 0.6) is 0 Å². The number of carbonyl (C=O) groups is 1. The van der Waals surface area contributed by atoms with Gasteiger partial charge in [0.2, 0.25) is 0 Å². The summed E-state index contributed by atoms with van der Waals surface area (Å²) in [5, 5.41) is 8.79. The van der Waals surface area contributed by atoms with E-state index in [1.165, 1.54) is 0 Å². The molecular weight excluding hydrogens is 312 g/mol. The number of nitriles is 1. The van der Waals surface area contributed by atoms with Crippen LogP contribution in [0.1, 0.15) is 21.5 Å². The van der Waals surface area contributed by atoms with E-state index in [0.717, 1.165) is 3.57 Å². The number of ketones is 1. The van der Waals surface area contributed by atoms with Gasteiger partial charge in [-0.15, -0.1) is 11.6 Å². The second-order valence-corrected chi connectivity index (χ2v) is 4.19. The number of halogens is 2. The highest BCUT2D eigenvalue weighted by atomic mass is 127. The van der Waals surface area contributed by atoms with Crippen LogP contribution in [0.25, 0.3) is 0 Å². The van der Waals surface area contributed by atoms with Crippen LogP contribution in [-0.2, 0) is 0 Å². The van der Waals surface area contributed by atoms with E-state index in [2.05, 4.69) is 22.6 Å². The number of rotatable bonds is 2. The van der Waals surface area contributed by atoms with E-state index in [9.17, 15) is 4.79 Å². The Morgan fingerprint density at radius 1 is 1.64 bits per heavy atom. The van der Waals surface area contributed by atoms with Gasteiger partial charge in [-0.25, -0.2) is 0 Å². The first-order valence-electron chi connectivity index (χ1n) is 3.90. The maximum absolute atomic E-state index is 11.5. The van der Waals surface area contributed by atoms with Gasteiger partial charge >= 0.3 is 0 Å². The molecule has 1 aromatic carbocycles. The molecule has 4 heteroatoms. The molecule has 0 radical (unpaired) electrons. The van der Waals surface area contributed by atoms with Crippen molar-refractivity contribution in [1.29, 1.82) is 5.26 Å². The average Bonchev–Trinajstić information content (AvgIpc) is 2.18. The van der Waals surface area contributed by atoms with Gasteiger partial charge in [0.25, 0.3) is 0 Å².